The second kappa shape index (κ2) is 3.12. The summed E-state index contributed by atoms with van der Waals surface area (Å²) in [6.07, 6.45) is 0. The molecule has 0 N–H and O–H groups in total. The van der Waals surface area contributed by atoms with Gasteiger partial charge in [0.1, 0.15) is 0 Å². The van der Waals surface area contributed by atoms with Crippen LogP contribution in [-0.2, 0) is 0 Å². The molecule has 0 radical (unpaired) electrons. The summed E-state index contributed by atoms with van der Waals surface area (Å²) in [6.45, 7) is 0. The van der Waals surface area contributed by atoms with Crippen molar-refractivity contribution in [3.63, 3.8) is 0 Å². The Bertz CT molecular complexity index is 830. The molecule has 0 aromatic heterocycles. The quantitative estimate of drug-likeness (QED) is 0.400. The molecule has 0 spiro atoms. The van der Waals surface area contributed by atoms with Gasteiger partial charge >= 0.3 is 0 Å². The topological polar surface area (TPSA) is 0 Å². The van der Waals surface area contributed by atoms with E-state index in [1.807, 2.05) is 0 Å². The van der Waals surface area contributed by atoms with Gasteiger partial charge in [0.25, 0.3) is 0 Å². The molecule has 0 bridgehead atoms. The first kappa shape index (κ1) is 9.27. The van der Waals surface area contributed by atoms with Gasteiger partial charge in [0.2, 0.25) is 0 Å². The van der Waals surface area contributed by atoms with Crippen LogP contribution in [0.4, 0.5) is 0 Å². The van der Waals surface area contributed by atoms with Crippen LogP contribution < -0.4 is 0 Å². The maximum Gasteiger partial charge on any atom is 0.0476 e. The molecule has 0 amide bonds. The molecule has 4 rings (SSSR count). The van der Waals surface area contributed by atoms with E-state index in [4.69, 9.17) is 0 Å². The zero-order valence-electron chi connectivity index (χ0n) is 8.92. The third-order valence-electron chi connectivity index (χ3n) is 3.30. The monoisotopic (exact) mass is 278 g/mol. The van der Waals surface area contributed by atoms with Crippen LogP contribution in [0.1, 0.15) is 0 Å². The van der Waals surface area contributed by atoms with Crippen molar-refractivity contribution in [3.8, 4) is 0 Å². The number of halogens is 1. The molecule has 0 aliphatic heterocycles. The fourth-order valence-electron chi connectivity index (χ4n) is 2.53. The van der Waals surface area contributed by atoms with Crippen LogP contribution in [0.5, 0.6) is 0 Å². The van der Waals surface area contributed by atoms with Crippen molar-refractivity contribution < 1.29 is 0 Å². The van der Waals surface area contributed by atoms with Gasteiger partial charge in [-0.2, -0.15) is 0 Å². The van der Waals surface area contributed by atoms with Crippen molar-refractivity contribution in [3.05, 3.63) is 59.1 Å². The molecule has 78 valence electrons. The second-order valence-electron chi connectivity index (χ2n) is 4.24. The van der Waals surface area contributed by atoms with Crippen LogP contribution in [0.15, 0.2) is 46.9 Å². The first-order chi connectivity index (χ1) is 8.34. The highest BCUT2D eigenvalue weighted by molar-refractivity contribution is 9.10. The van der Waals surface area contributed by atoms with E-state index in [1.54, 1.807) is 0 Å². The van der Waals surface area contributed by atoms with Gasteiger partial charge in [0, 0.05) is 26.0 Å². The summed E-state index contributed by atoms with van der Waals surface area (Å²) in [5.74, 6) is 0. The minimum Gasteiger partial charge on any atom is -0.0609 e. The van der Waals surface area contributed by atoms with E-state index in [0.29, 0.717) is 0 Å². The van der Waals surface area contributed by atoms with E-state index >= 15 is 0 Å². The summed E-state index contributed by atoms with van der Waals surface area (Å²) in [7, 11) is 0. The Labute approximate surface area is 107 Å². The van der Waals surface area contributed by atoms with Gasteiger partial charge in [-0.3, -0.25) is 0 Å². The van der Waals surface area contributed by atoms with E-state index in [-0.39, 0.29) is 0 Å². The SMILES string of the molecule is Brc1ccc2ccc3cccc4c#cc1c2c43. The molecular weight excluding hydrogens is 272 g/mol. The highest BCUT2D eigenvalue weighted by Gasteiger charge is 2.08. The van der Waals surface area contributed by atoms with Crippen LogP contribution in [0.2, 0.25) is 0 Å². The first-order valence-electron chi connectivity index (χ1n) is 5.50. The van der Waals surface area contributed by atoms with Gasteiger partial charge in [-0.05, 0) is 38.8 Å². The van der Waals surface area contributed by atoms with E-state index < -0.39 is 0 Å². The van der Waals surface area contributed by atoms with Gasteiger partial charge in [0.05, 0.1) is 0 Å². The zero-order valence-corrected chi connectivity index (χ0v) is 10.5. The molecule has 4 aromatic carbocycles. The van der Waals surface area contributed by atoms with Crippen LogP contribution in [0, 0.1) is 12.1 Å². The lowest BCUT2D eigenvalue weighted by molar-refractivity contribution is 1.76. The van der Waals surface area contributed by atoms with Crippen molar-refractivity contribution in [2.75, 3.05) is 0 Å². The van der Waals surface area contributed by atoms with Gasteiger partial charge in [-0.15, -0.1) is 0 Å². The van der Waals surface area contributed by atoms with Gasteiger partial charge in [-0.25, -0.2) is 0 Å². The van der Waals surface area contributed by atoms with E-state index in [2.05, 4.69) is 70.5 Å². The minimum atomic E-state index is 1.08. The minimum absolute atomic E-state index is 1.08. The molecule has 0 nitrogen and oxygen atoms in total. The number of hydrogen-bond donors (Lipinski definition) is 0. The summed E-state index contributed by atoms with van der Waals surface area (Å²) in [5.41, 5.74) is 0. The molecule has 0 heterocycles. The Kier molecular flexibility index (Phi) is 1.70. The highest BCUT2D eigenvalue weighted by Crippen LogP contribution is 2.35. The molecule has 0 saturated carbocycles. The largest absolute Gasteiger partial charge is 0.0609 e. The van der Waals surface area contributed by atoms with Gasteiger partial charge in [-0.1, -0.05) is 42.5 Å². The molecule has 0 aliphatic carbocycles. The van der Waals surface area contributed by atoms with Gasteiger partial charge < -0.3 is 0 Å². The van der Waals surface area contributed by atoms with Crippen molar-refractivity contribution in [1.29, 1.82) is 0 Å². The summed E-state index contributed by atoms with van der Waals surface area (Å²) < 4.78 is 1.08. The number of rotatable bonds is 0. The standard InChI is InChI=1S/C16H7Br/c17-14-9-7-12-5-4-10-2-1-3-11-6-8-13(14)16(12)15(10)11/h1-5,7,9H. The molecule has 4 aromatic rings. The summed E-state index contributed by atoms with van der Waals surface area (Å²) in [4.78, 5) is 0. The molecule has 0 unspecified atom stereocenters. The Morgan fingerprint density at radius 2 is 1.53 bits per heavy atom. The van der Waals surface area contributed by atoms with Crippen LogP contribution in [0.3, 0.4) is 0 Å². The maximum atomic E-state index is 3.59. The van der Waals surface area contributed by atoms with E-state index in [9.17, 15) is 0 Å². The highest BCUT2D eigenvalue weighted by atomic mass is 79.9. The Morgan fingerprint density at radius 3 is 2.41 bits per heavy atom. The van der Waals surface area contributed by atoms with E-state index in [1.165, 1.54) is 21.5 Å². The molecule has 0 aliphatic rings. The lowest BCUT2D eigenvalue weighted by Crippen LogP contribution is -1.82. The Hall–Kier alpha value is -1.78. The number of benzene rings is 3. The maximum absolute atomic E-state index is 3.59. The molecule has 1 heteroatoms. The smallest absolute Gasteiger partial charge is 0.0476 e. The number of hydrogen-bond acceptors (Lipinski definition) is 0. The lowest BCUT2D eigenvalue weighted by Gasteiger charge is -2.08. The van der Waals surface area contributed by atoms with Crippen LogP contribution in [-0.4, -0.2) is 0 Å². The zero-order chi connectivity index (χ0) is 11.4. The third kappa shape index (κ3) is 1.14. The van der Waals surface area contributed by atoms with Crippen LogP contribution >= 0.6 is 15.9 Å². The predicted octanol–water partition coefficient (Wildman–Crippen LogP) is 4.95. The van der Waals surface area contributed by atoms with Crippen molar-refractivity contribution in [2.24, 2.45) is 0 Å². The third-order valence-corrected chi connectivity index (χ3v) is 3.96. The predicted molar refractivity (Wildman–Crippen MR) is 75.5 cm³/mol. The van der Waals surface area contributed by atoms with E-state index in [0.717, 1.165) is 15.2 Å². The average molecular weight is 279 g/mol. The molecule has 0 saturated heterocycles. The second-order valence-corrected chi connectivity index (χ2v) is 5.09. The Morgan fingerprint density at radius 1 is 0.765 bits per heavy atom. The molecule has 0 fully saturated rings. The normalized spacial score (nSPS) is 11.4. The van der Waals surface area contributed by atoms with Crippen molar-refractivity contribution in [1.82, 2.24) is 0 Å². The lowest BCUT2D eigenvalue weighted by atomic mass is 9.96. The summed E-state index contributed by atoms with van der Waals surface area (Å²) >= 11 is 3.59. The first-order valence-corrected chi connectivity index (χ1v) is 6.30. The average Bonchev–Trinajstić information content (AvgIpc) is 2.38. The molecule has 0 atom stereocenters. The van der Waals surface area contributed by atoms with Crippen molar-refractivity contribution >= 4 is 48.2 Å². The molecule has 17 heavy (non-hydrogen) atoms. The summed E-state index contributed by atoms with van der Waals surface area (Å²) in [6, 6.07) is 21.4. The van der Waals surface area contributed by atoms with Gasteiger partial charge in [0.15, 0.2) is 0 Å². The fraction of sp³-hybridized carbons (Fsp3) is 0. The summed E-state index contributed by atoms with van der Waals surface area (Å²) in [5, 5.41) is 7.36. The van der Waals surface area contributed by atoms with Crippen LogP contribution in [0.25, 0.3) is 32.3 Å². The fourth-order valence-corrected chi connectivity index (χ4v) is 2.95. The van der Waals surface area contributed by atoms with Crippen molar-refractivity contribution in [2.45, 2.75) is 0 Å². The Balaban J connectivity index is 2.48. The molecular formula is C16H7Br.